The van der Waals surface area contributed by atoms with Crippen molar-refractivity contribution < 1.29 is 14.3 Å². The van der Waals surface area contributed by atoms with Gasteiger partial charge in [-0.3, -0.25) is 14.9 Å². The van der Waals surface area contributed by atoms with Crippen LogP contribution in [0.2, 0.25) is 0 Å². The van der Waals surface area contributed by atoms with Gasteiger partial charge >= 0.3 is 0 Å². The van der Waals surface area contributed by atoms with Gasteiger partial charge in [-0.05, 0) is 30.2 Å². The van der Waals surface area contributed by atoms with E-state index < -0.39 is 0 Å². The van der Waals surface area contributed by atoms with Crippen LogP contribution in [-0.4, -0.2) is 23.4 Å². The molecular formula is C18H21N3O3S. The Kier molecular flexibility index (Phi) is 4.76. The summed E-state index contributed by atoms with van der Waals surface area (Å²) >= 11 is 1.41. The maximum absolute atomic E-state index is 12.1. The summed E-state index contributed by atoms with van der Waals surface area (Å²) in [5.41, 5.74) is 2.73. The van der Waals surface area contributed by atoms with Gasteiger partial charge in [0.25, 0.3) is 5.91 Å². The number of fused-ring (bicyclic) bond motifs is 1. The van der Waals surface area contributed by atoms with Gasteiger partial charge in [-0.1, -0.05) is 20.8 Å². The van der Waals surface area contributed by atoms with Crippen molar-refractivity contribution in [2.24, 2.45) is 0 Å². The number of ether oxygens (including phenoxy) is 1. The van der Waals surface area contributed by atoms with E-state index in [9.17, 15) is 9.59 Å². The van der Waals surface area contributed by atoms with Crippen LogP contribution in [0.5, 0.6) is 5.75 Å². The molecule has 25 heavy (non-hydrogen) atoms. The molecule has 0 saturated carbocycles. The summed E-state index contributed by atoms with van der Waals surface area (Å²) in [5, 5.41) is 8.11. The summed E-state index contributed by atoms with van der Waals surface area (Å²) in [7, 11) is 0. The summed E-state index contributed by atoms with van der Waals surface area (Å²) in [6.07, 6.45) is 1.15. The smallest absolute Gasteiger partial charge is 0.264 e. The quantitative estimate of drug-likeness (QED) is 0.877. The van der Waals surface area contributed by atoms with Crippen LogP contribution >= 0.6 is 11.3 Å². The molecule has 1 aromatic carbocycles. The minimum Gasteiger partial charge on any atom is -0.484 e. The number of nitrogens with zero attached hydrogens (tertiary/aromatic N) is 1. The van der Waals surface area contributed by atoms with Crippen molar-refractivity contribution in [3.05, 3.63) is 34.8 Å². The number of aromatic nitrogens is 1. The predicted molar refractivity (Wildman–Crippen MR) is 98.3 cm³/mol. The molecule has 2 aromatic rings. The Morgan fingerprint density at radius 2 is 2.16 bits per heavy atom. The summed E-state index contributed by atoms with van der Waals surface area (Å²) in [4.78, 5) is 27.8. The molecule has 0 bridgehead atoms. The van der Waals surface area contributed by atoms with Gasteiger partial charge in [-0.15, -0.1) is 11.3 Å². The summed E-state index contributed by atoms with van der Waals surface area (Å²) in [6, 6.07) is 5.41. The zero-order chi connectivity index (χ0) is 18.0. The normalized spacial score (nSPS) is 13.8. The molecule has 2 heterocycles. The van der Waals surface area contributed by atoms with E-state index in [1.165, 1.54) is 11.3 Å². The summed E-state index contributed by atoms with van der Waals surface area (Å²) in [6.45, 7) is 6.15. The van der Waals surface area contributed by atoms with Gasteiger partial charge in [0.1, 0.15) is 5.75 Å². The van der Waals surface area contributed by atoms with Gasteiger partial charge in [0.2, 0.25) is 5.91 Å². The molecule has 0 saturated heterocycles. The summed E-state index contributed by atoms with van der Waals surface area (Å²) in [5.74, 6) is 0.388. The molecule has 2 N–H and O–H groups in total. The first-order valence-electron chi connectivity index (χ1n) is 8.13. The maximum Gasteiger partial charge on any atom is 0.264 e. The Balaban J connectivity index is 1.56. The number of carbonyl (C=O) groups excluding carboxylic acids is 2. The minimum atomic E-state index is -0.249. The van der Waals surface area contributed by atoms with E-state index in [0.29, 0.717) is 23.7 Å². The zero-order valence-corrected chi connectivity index (χ0v) is 15.3. The highest BCUT2D eigenvalue weighted by atomic mass is 32.1. The van der Waals surface area contributed by atoms with E-state index in [2.05, 4.69) is 36.4 Å². The molecule has 0 radical (unpaired) electrons. The third kappa shape index (κ3) is 4.36. The lowest BCUT2D eigenvalue weighted by atomic mass is 9.93. The van der Waals surface area contributed by atoms with Crippen molar-refractivity contribution in [1.82, 2.24) is 4.98 Å². The number of anilines is 2. The molecule has 0 atom stereocenters. The number of hydrogen-bond donors (Lipinski definition) is 2. The molecule has 3 rings (SSSR count). The standard InChI is InChI=1S/C18H21N3O3S/c1-18(2,3)14-10-25-17(20-14)21-16(23)9-24-12-5-6-13-11(8-12)4-7-15(22)19-13/h5-6,8,10H,4,7,9H2,1-3H3,(H,19,22)(H,20,21,23). The van der Waals surface area contributed by atoms with Crippen LogP contribution < -0.4 is 15.4 Å². The minimum absolute atomic E-state index is 0.0265. The molecule has 6 nitrogen and oxygen atoms in total. The SMILES string of the molecule is CC(C)(C)c1csc(NC(=O)COc2ccc3c(c2)CCC(=O)N3)n1. The predicted octanol–water partition coefficient (Wildman–Crippen LogP) is 3.34. The fraction of sp³-hybridized carbons (Fsp3) is 0.389. The maximum atomic E-state index is 12.1. The molecule has 0 unspecified atom stereocenters. The number of nitrogens with one attached hydrogen (secondary N) is 2. The highest BCUT2D eigenvalue weighted by Crippen LogP contribution is 2.27. The van der Waals surface area contributed by atoms with E-state index in [1.807, 2.05) is 11.4 Å². The van der Waals surface area contributed by atoms with Gasteiger partial charge in [0, 0.05) is 22.9 Å². The lowest BCUT2D eigenvalue weighted by Crippen LogP contribution is -2.21. The van der Waals surface area contributed by atoms with Gasteiger partial charge in [-0.25, -0.2) is 4.98 Å². The Hall–Kier alpha value is -2.41. The van der Waals surface area contributed by atoms with Crippen LogP contribution in [0, 0.1) is 0 Å². The Labute approximate surface area is 150 Å². The first kappa shape index (κ1) is 17.4. The Morgan fingerprint density at radius 1 is 1.36 bits per heavy atom. The van der Waals surface area contributed by atoms with E-state index in [4.69, 9.17) is 4.74 Å². The highest BCUT2D eigenvalue weighted by Gasteiger charge is 2.18. The molecule has 132 valence electrons. The highest BCUT2D eigenvalue weighted by molar-refractivity contribution is 7.13. The lowest BCUT2D eigenvalue weighted by Gasteiger charge is -2.17. The van der Waals surface area contributed by atoms with Crippen molar-refractivity contribution in [2.45, 2.75) is 39.0 Å². The zero-order valence-electron chi connectivity index (χ0n) is 14.5. The van der Waals surface area contributed by atoms with Crippen LogP contribution in [0.15, 0.2) is 23.6 Å². The summed E-state index contributed by atoms with van der Waals surface area (Å²) < 4.78 is 5.56. The van der Waals surface area contributed by atoms with E-state index in [-0.39, 0.29) is 23.8 Å². The monoisotopic (exact) mass is 359 g/mol. The largest absolute Gasteiger partial charge is 0.484 e. The molecule has 0 aliphatic carbocycles. The second-order valence-electron chi connectivity index (χ2n) is 6.99. The van der Waals surface area contributed by atoms with Crippen molar-refractivity contribution in [1.29, 1.82) is 0 Å². The molecule has 1 aliphatic heterocycles. The number of rotatable bonds is 4. The van der Waals surface area contributed by atoms with Gasteiger partial charge in [0.05, 0.1) is 5.69 Å². The average Bonchev–Trinajstić information content (AvgIpc) is 3.01. The van der Waals surface area contributed by atoms with Gasteiger partial charge < -0.3 is 10.1 Å². The Bertz CT molecular complexity index is 808. The third-order valence-corrected chi connectivity index (χ3v) is 4.62. The second-order valence-corrected chi connectivity index (χ2v) is 7.85. The number of hydrogen-bond acceptors (Lipinski definition) is 5. The van der Waals surface area contributed by atoms with E-state index in [0.717, 1.165) is 16.9 Å². The molecular weight excluding hydrogens is 338 g/mol. The van der Waals surface area contributed by atoms with Gasteiger partial charge in [0.15, 0.2) is 11.7 Å². The Morgan fingerprint density at radius 3 is 2.88 bits per heavy atom. The van der Waals surface area contributed by atoms with Crippen LogP contribution in [0.1, 0.15) is 38.4 Å². The van der Waals surface area contributed by atoms with Crippen molar-refractivity contribution in [3.63, 3.8) is 0 Å². The fourth-order valence-electron chi connectivity index (χ4n) is 2.43. The topological polar surface area (TPSA) is 80.3 Å². The van der Waals surface area contributed by atoms with E-state index in [1.54, 1.807) is 12.1 Å². The second kappa shape index (κ2) is 6.84. The van der Waals surface area contributed by atoms with Crippen LogP contribution in [0.25, 0.3) is 0 Å². The first-order valence-corrected chi connectivity index (χ1v) is 9.01. The number of benzene rings is 1. The molecule has 7 heteroatoms. The molecule has 0 fully saturated rings. The first-order chi connectivity index (χ1) is 11.8. The van der Waals surface area contributed by atoms with Gasteiger partial charge in [-0.2, -0.15) is 0 Å². The fourth-order valence-corrected chi connectivity index (χ4v) is 3.38. The number of thiazole rings is 1. The van der Waals surface area contributed by atoms with Crippen molar-refractivity contribution in [2.75, 3.05) is 17.2 Å². The average molecular weight is 359 g/mol. The lowest BCUT2D eigenvalue weighted by molar-refractivity contribution is -0.118. The van der Waals surface area contributed by atoms with Crippen LogP contribution in [0.4, 0.5) is 10.8 Å². The number of carbonyl (C=O) groups is 2. The molecule has 0 spiro atoms. The molecule has 1 aromatic heterocycles. The van der Waals surface area contributed by atoms with Crippen LogP contribution in [-0.2, 0) is 21.4 Å². The van der Waals surface area contributed by atoms with Crippen molar-refractivity contribution >= 4 is 34.0 Å². The molecule has 1 aliphatic rings. The number of amides is 2. The third-order valence-electron chi connectivity index (χ3n) is 3.86. The van der Waals surface area contributed by atoms with E-state index >= 15 is 0 Å². The molecule has 2 amide bonds. The van der Waals surface area contributed by atoms with Crippen LogP contribution in [0.3, 0.4) is 0 Å². The van der Waals surface area contributed by atoms with Crippen molar-refractivity contribution in [3.8, 4) is 5.75 Å². The number of aryl methyl sites for hydroxylation is 1.